The van der Waals surface area contributed by atoms with E-state index in [1.807, 2.05) is 38.1 Å². The fraction of sp³-hybridized carbons (Fsp3) is 0.450. The number of aryl methyl sites for hydroxylation is 1. The van der Waals surface area contributed by atoms with Gasteiger partial charge in [-0.05, 0) is 45.9 Å². The Hall–Kier alpha value is -2.27. The quantitative estimate of drug-likeness (QED) is 0.921. The number of carbonyl (C=O) groups is 1. The molecule has 1 aromatic carbocycles. The number of anilines is 2. The summed E-state index contributed by atoms with van der Waals surface area (Å²) >= 11 is 0. The van der Waals surface area contributed by atoms with Crippen LogP contribution in [-0.4, -0.2) is 36.8 Å². The maximum Gasteiger partial charge on any atom is 0.257 e. The molecule has 1 saturated heterocycles. The molecule has 0 bridgehead atoms. The van der Waals surface area contributed by atoms with Crippen LogP contribution in [-0.2, 0) is 4.74 Å². The predicted octanol–water partition coefficient (Wildman–Crippen LogP) is 3.77. The third-order valence-corrected chi connectivity index (χ3v) is 4.75. The normalized spacial score (nSPS) is 14.8. The van der Waals surface area contributed by atoms with Crippen LogP contribution in [0, 0.1) is 13.8 Å². The van der Waals surface area contributed by atoms with Gasteiger partial charge in [-0.25, -0.2) is 0 Å². The summed E-state index contributed by atoms with van der Waals surface area (Å²) in [5, 5.41) is 3.11. The van der Waals surface area contributed by atoms with Gasteiger partial charge in [-0.15, -0.1) is 0 Å². The Morgan fingerprint density at radius 3 is 2.48 bits per heavy atom. The monoisotopic (exact) mass is 341 g/mol. The molecular weight excluding hydrogens is 314 g/mol. The zero-order valence-corrected chi connectivity index (χ0v) is 15.5. The molecule has 5 nitrogen and oxygen atoms in total. The van der Waals surface area contributed by atoms with E-state index in [1.54, 1.807) is 0 Å². The Morgan fingerprint density at radius 1 is 1.16 bits per heavy atom. The minimum absolute atomic E-state index is 0.0549. The Labute approximate surface area is 149 Å². The van der Waals surface area contributed by atoms with E-state index < -0.39 is 0 Å². The lowest BCUT2D eigenvalue weighted by Crippen LogP contribution is -2.36. The lowest BCUT2D eigenvalue weighted by atomic mass is 10.2. The van der Waals surface area contributed by atoms with E-state index in [-0.39, 0.29) is 5.91 Å². The van der Waals surface area contributed by atoms with Gasteiger partial charge in [-0.3, -0.25) is 4.79 Å². The van der Waals surface area contributed by atoms with Crippen molar-refractivity contribution in [1.82, 2.24) is 4.57 Å². The molecule has 1 aromatic heterocycles. The van der Waals surface area contributed by atoms with Crippen LogP contribution >= 0.6 is 0 Å². The third kappa shape index (κ3) is 3.56. The number of carbonyl (C=O) groups excluding carboxylic acids is 1. The number of nitrogens with one attached hydrogen (secondary N) is 1. The Bertz CT molecular complexity index is 758. The molecule has 25 heavy (non-hydrogen) atoms. The van der Waals surface area contributed by atoms with Crippen molar-refractivity contribution in [3.63, 3.8) is 0 Å². The van der Waals surface area contributed by atoms with E-state index in [2.05, 4.69) is 34.7 Å². The van der Waals surface area contributed by atoms with Crippen molar-refractivity contribution in [1.29, 1.82) is 0 Å². The summed E-state index contributed by atoms with van der Waals surface area (Å²) in [5.74, 6) is -0.0549. The molecule has 1 aliphatic heterocycles. The lowest BCUT2D eigenvalue weighted by Gasteiger charge is -2.30. The molecule has 1 fully saturated rings. The van der Waals surface area contributed by atoms with Crippen LogP contribution in [0.5, 0.6) is 0 Å². The first-order chi connectivity index (χ1) is 12.0. The SMILES string of the molecule is Cc1cc(C(=O)Nc2ccccc2N2CCOCC2)c(C)n1C(C)C. The second-order valence-electron chi connectivity index (χ2n) is 6.82. The van der Waals surface area contributed by atoms with Crippen LogP contribution in [0.4, 0.5) is 11.4 Å². The van der Waals surface area contributed by atoms with Crippen LogP contribution in [0.25, 0.3) is 0 Å². The highest BCUT2D eigenvalue weighted by atomic mass is 16.5. The highest BCUT2D eigenvalue weighted by molar-refractivity contribution is 6.07. The molecule has 0 spiro atoms. The van der Waals surface area contributed by atoms with Gasteiger partial charge in [0.2, 0.25) is 0 Å². The van der Waals surface area contributed by atoms with Crippen molar-refractivity contribution in [2.75, 3.05) is 36.5 Å². The highest BCUT2D eigenvalue weighted by Crippen LogP contribution is 2.28. The molecule has 0 aliphatic carbocycles. The summed E-state index contributed by atoms with van der Waals surface area (Å²) in [6.45, 7) is 11.4. The minimum Gasteiger partial charge on any atom is -0.378 e. The number of hydrogen-bond donors (Lipinski definition) is 1. The predicted molar refractivity (Wildman–Crippen MR) is 102 cm³/mol. The van der Waals surface area contributed by atoms with E-state index in [1.165, 1.54) is 0 Å². The topological polar surface area (TPSA) is 46.5 Å². The average Bonchev–Trinajstić information content (AvgIpc) is 2.91. The van der Waals surface area contributed by atoms with Crippen LogP contribution < -0.4 is 10.2 Å². The largest absolute Gasteiger partial charge is 0.378 e. The summed E-state index contributed by atoms with van der Waals surface area (Å²) in [4.78, 5) is 15.2. The van der Waals surface area contributed by atoms with Gasteiger partial charge < -0.3 is 19.5 Å². The minimum atomic E-state index is -0.0549. The summed E-state index contributed by atoms with van der Waals surface area (Å²) in [7, 11) is 0. The molecule has 2 heterocycles. The Balaban J connectivity index is 1.86. The molecule has 0 saturated carbocycles. The molecule has 5 heteroatoms. The first-order valence-electron chi connectivity index (χ1n) is 8.90. The second kappa shape index (κ2) is 7.31. The average molecular weight is 341 g/mol. The number of nitrogens with zero attached hydrogens (tertiary/aromatic N) is 2. The number of hydrogen-bond acceptors (Lipinski definition) is 3. The van der Waals surface area contributed by atoms with Crippen LogP contribution in [0.1, 0.15) is 41.6 Å². The molecule has 0 atom stereocenters. The Morgan fingerprint density at radius 2 is 1.84 bits per heavy atom. The summed E-state index contributed by atoms with van der Waals surface area (Å²) in [6.07, 6.45) is 0. The highest BCUT2D eigenvalue weighted by Gasteiger charge is 2.20. The van der Waals surface area contributed by atoms with Crippen molar-refractivity contribution in [2.24, 2.45) is 0 Å². The molecule has 0 unspecified atom stereocenters. The van der Waals surface area contributed by atoms with Gasteiger partial charge >= 0.3 is 0 Å². The lowest BCUT2D eigenvalue weighted by molar-refractivity contribution is 0.102. The van der Waals surface area contributed by atoms with Crippen LogP contribution in [0.2, 0.25) is 0 Å². The van der Waals surface area contributed by atoms with Crippen molar-refractivity contribution < 1.29 is 9.53 Å². The van der Waals surface area contributed by atoms with Crippen molar-refractivity contribution >= 4 is 17.3 Å². The van der Waals surface area contributed by atoms with E-state index in [4.69, 9.17) is 4.74 Å². The molecule has 2 aromatic rings. The van der Waals surface area contributed by atoms with Crippen molar-refractivity contribution in [2.45, 2.75) is 33.7 Å². The van der Waals surface area contributed by atoms with E-state index in [0.717, 1.165) is 54.6 Å². The smallest absolute Gasteiger partial charge is 0.257 e. The van der Waals surface area contributed by atoms with E-state index in [0.29, 0.717) is 6.04 Å². The Kier molecular flexibility index (Phi) is 5.13. The van der Waals surface area contributed by atoms with Crippen LogP contribution in [0.15, 0.2) is 30.3 Å². The summed E-state index contributed by atoms with van der Waals surface area (Å²) < 4.78 is 7.63. The number of para-hydroxylation sites is 2. The number of morpholine rings is 1. The molecule has 1 aliphatic rings. The molecule has 1 N–H and O–H groups in total. The van der Waals surface area contributed by atoms with Crippen molar-refractivity contribution in [3.8, 4) is 0 Å². The molecular formula is C20H27N3O2. The van der Waals surface area contributed by atoms with Gasteiger partial charge in [0, 0.05) is 30.5 Å². The standard InChI is InChI=1S/C20H27N3O2/c1-14(2)23-15(3)13-17(16(23)4)20(24)21-18-7-5-6-8-19(18)22-9-11-25-12-10-22/h5-8,13-14H,9-12H2,1-4H3,(H,21,24). The zero-order chi connectivity index (χ0) is 18.0. The van der Waals surface area contributed by atoms with Gasteiger partial charge in [0.05, 0.1) is 30.2 Å². The van der Waals surface area contributed by atoms with Gasteiger partial charge in [0.15, 0.2) is 0 Å². The summed E-state index contributed by atoms with van der Waals surface area (Å²) in [6, 6.07) is 10.3. The van der Waals surface area contributed by atoms with Crippen molar-refractivity contribution in [3.05, 3.63) is 47.3 Å². The van der Waals surface area contributed by atoms with E-state index >= 15 is 0 Å². The molecule has 134 valence electrons. The number of amides is 1. The number of aromatic nitrogens is 1. The fourth-order valence-electron chi connectivity index (χ4n) is 3.65. The summed E-state index contributed by atoms with van der Waals surface area (Å²) in [5.41, 5.74) is 4.76. The van der Waals surface area contributed by atoms with Gasteiger partial charge in [-0.2, -0.15) is 0 Å². The maximum absolute atomic E-state index is 12.9. The number of ether oxygens (including phenoxy) is 1. The molecule has 3 rings (SSSR count). The third-order valence-electron chi connectivity index (χ3n) is 4.75. The molecule has 1 amide bonds. The van der Waals surface area contributed by atoms with Gasteiger partial charge in [-0.1, -0.05) is 12.1 Å². The zero-order valence-electron chi connectivity index (χ0n) is 15.5. The fourth-order valence-corrected chi connectivity index (χ4v) is 3.65. The number of benzene rings is 1. The van der Waals surface area contributed by atoms with Crippen LogP contribution in [0.3, 0.4) is 0 Å². The maximum atomic E-state index is 12.9. The second-order valence-corrected chi connectivity index (χ2v) is 6.82. The first kappa shape index (κ1) is 17.5. The first-order valence-corrected chi connectivity index (χ1v) is 8.90. The van der Waals surface area contributed by atoms with Gasteiger partial charge in [0.25, 0.3) is 5.91 Å². The van der Waals surface area contributed by atoms with E-state index in [9.17, 15) is 4.79 Å². The number of rotatable bonds is 4. The molecule has 0 radical (unpaired) electrons. The van der Waals surface area contributed by atoms with Gasteiger partial charge in [0.1, 0.15) is 0 Å².